The molecule has 4 aromatic rings. The van der Waals surface area contributed by atoms with E-state index in [-0.39, 0.29) is 11.5 Å². The Kier molecular flexibility index (Phi) is 4.43. The molecule has 27 heavy (non-hydrogen) atoms. The summed E-state index contributed by atoms with van der Waals surface area (Å²) >= 11 is 0. The lowest BCUT2D eigenvalue weighted by atomic mass is 9.95. The van der Waals surface area contributed by atoms with Gasteiger partial charge in [0.25, 0.3) is 11.5 Å². The van der Waals surface area contributed by atoms with Crippen molar-refractivity contribution in [2.75, 3.05) is 13.1 Å². The van der Waals surface area contributed by atoms with Gasteiger partial charge in [-0.05, 0) is 52.9 Å². The van der Waals surface area contributed by atoms with Crippen LogP contribution in [0.5, 0.6) is 0 Å². The molecule has 0 bridgehead atoms. The maximum atomic E-state index is 12.7. The molecule has 1 amide bonds. The molecule has 0 aliphatic carbocycles. The minimum absolute atomic E-state index is 0.174. The fraction of sp³-hybridized carbons (Fsp3) is 0.150. The maximum absolute atomic E-state index is 12.7. The summed E-state index contributed by atoms with van der Waals surface area (Å²) in [6.07, 6.45) is 5.81. The summed E-state index contributed by atoms with van der Waals surface area (Å²) < 4.78 is 0. The van der Waals surface area contributed by atoms with Crippen molar-refractivity contribution >= 4 is 27.5 Å². The summed E-state index contributed by atoms with van der Waals surface area (Å²) in [5.74, 6) is -0.174. The number of benzene rings is 2. The van der Waals surface area contributed by atoms with E-state index in [4.69, 9.17) is 5.73 Å². The zero-order chi connectivity index (χ0) is 18.8. The van der Waals surface area contributed by atoms with Gasteiger partial charge in [0, 0.05) is 30.1 Å². The number of hydrogen-bond acceptors (Lipinski definition) is 4. The van der Waals surface area contributed by atoms with Crippen LogP contribution in [0.4, 0.5) is 0 Å². The average Bonchev–Trinajstić information content (AvgIpc) is 3.22. The highest BCUT2D eigenvalue weighted by atomic mass is 16.1. The molecule has 0 unspecified atom stereocenters. The van der Waals surface area contributed by atoms with Gasteiger partial charge in [-0.15, -0.1) is 0 Å². The number of H-pyrrole nitrogens is 2. The molecule has 0 spiro atoms. The third-order valence-electron chi connectivity index (χ3n) is 4.61. The molecule has 0 aliphatic rings. The monoisotopic (exact) mass is 361 g/mol. The Hall–Kier alpha value is -3.45. The standard InChI is InChI=1S/C20H19N5O2/c21-5-1-6-22-19(26)17-9-13-4-7-23-20(27)18(13)16-8-12(2-3-15(16)17)14-10-24-25-11-14/h2-4,7-11H,1,5-6,21H2,(H,22,26)(H,23,27)(H,24,25). The number of aromatic nitrogens is 3. The molecular weight excluding hydrogens is 342 g/mol. The zero-order valence-corrected chi connectivity index (χ0v) is 14.6. The van der Waals surface area contributed by atoms with Crippen molar-refractivity contribution in [2.24, 2.45) is 5.73 Å². The number of carbonyl (C=O) groups is 1. The number of nitrogens with two attached hydrogens (primary N) is 1. The van der Waals surface area contributed by atoms with E-state index in [9.17, 15) is 9.59 Å². The van der Waals surface area contributed by atoms with Gasteiger partial charge in [0.1, 0.15) is 0 Å². The van der Waals surface area contributed by atoms with Crippen molar-refractivity contribution in [1.29, 1.82) is 0 Å². The number of carbonyl (C=O) groups excluding carboxylic acids is 1. The van der Waals surface area contributed by atoms with Crippen LogP contribution in [0, 0.1) is 0 Å². The first-order valence-electron chi connectivity index (χ1n) is 8.74. The highest BCUT2D eigenvalue weighted by Crippen LogP contribution is 2.30. The van der Waals surface area contributed by atoms with E-state index in [1.165, 1.54) is 0 Å². The van der Waals surface area contributed by atoms with Gasteiger partial charge >= 0.3 is 0 Å². The normalized spacial score (nSPS) is 11.1. The van der Waals surface area contributed by atoms with Crippen molar-refractivity contribution < 1.29 is 4.79 Å². The molecule has 2 aromatic heterocycles. The van der Waals surface area contributed by atoms with Crippen LogP contribution in [0.15, 0.2) is 53.7 Å². The van der Waals surface area contributed by atoms with E-state index in [2.05, 4.69) is 20.5 Å². The van der Waals surface area contributed by atoms with E-state index in [0.29, 0.717) is 30.5 Å². The van der Waals surface area contributed by atoms with Crippen LogP contribution in [0.1, 0.15) is 16.8 Å². The molecule has 0 fully saturated rings. The Balaban J connectivity index is 1.96. The molecule has 2 aromatic carbocycles. The maximum Gasteiger partial charge on any atom is 0.256 e. The van der Waals surface area contributed by atoms with Crippen molar-refractivity contribution in [1.82, 2.24) is 20.5 Å². The van der Waals surface area contributed by atoms with Gasteiger partial charge in [0.2, 0.25) is 0 Å². The molecule has 0 aliphatic heterocycles. The van der Waals surface area contributed by atoms with Gasteiger partial charge in [-0.1, -0.05) is 12.1 Å². The summed E-state index contributed by atoms with van der Waals surface area (Å²) in [5, 5.41) is 12.4. The lowest BCUT2D eigenvalue weighted by molar-refractivity contribution is 0.0955. The van der Waals surface area contributed by atoms with E-state index in [1.807, 2.05) is 18.2 Å². The minimum Gasteiger partial charge on any atom is -0.352 e. The predicted octanol–water partition coefficient (Wildman–Crippen LogP) is 2.15. The van der Waals surface area contributed by atoms with Gasteiger partial charge in [0.15, 0.2) is 0 Å². The Morgan fingerprint density at radius 3 is 2.81 bits per heavy atom. The van der Waals surface area contributed by atoms with Crippen molar-refractivity contribution in [3.63, 3.8) is 0 Å². The van der Waals surface area contributed by atoms with E-state index in [1.54, 1.807) is 30.7 Å². The number of nitrogens with one attached hydrogen (secondary N) is 3. The highest BCUT2D eigenvalue weighted by Gasteiger charge is 2.15. The fourth-order valence-electron chi connectivity index (χ4n) is 3.29. The second-order valence-electron chi connectivity index (χ2n) is 6.34. The molecule has 0 saturated carbocycles. The molecule has 5 N–H and O–H groups in total. The van der Waals surface area contributed by atoms with Crippen LogP contribution in [-0.2, 0) is 0 Å². The Labute approximate surface area is 154 Å². The number of aromatic amines is 2. The van der Waals surface area contributed by atoms with Crippen LogP contribution in [-0.4, -0.2) is 34.2 Å². The van der Waals surface area contributed by atoms with E-state index in [0.717, 1.165) is 27.3 Å². The SMILES string of the molecule is NCCCNC(=O)c1cc2cc[nH]c(=O)c2c2cc(-c3cn[nH]c3)ccc12. The number of nitrogens with zero attached hydrogens (tertiary/aromatic N) is 1. The van der Waals surface area contributed by atoms with Crippen LogP contribution in [0.25, 0.3) is 32.7 Å². The molecule has 4 rings (SSSR count). The summed E-state index contributed by atoms with van der Waals surface area (Å²) in [7, 11) is 0. The van der Waals surface area contributed by atoms with Gasteiger partial charge in [0.05, 0.1) is 11.6 Å². The third kappa shape index (κ3) is 3.09. The summed E-state index contributed by atoms with van der Waals surface area (Å²) in [4.78, 5) is 27.9. The highest BCUT2D eigenvalue weighted by molar-refractivity contribution is 6.17. The van der Waals surface area contributed by atoms with Gasteiger partial charge in [-0.3, -0.25) is 14.7 Å². The number of pyridine rings is 1. The van der Waals surface area contributed by atoms with Crippen molar-refractivity contribution in [3.05, 3.63) is 64.8 Å². The van der Waals surface area contributed by atoms with Gasteiger partial charge in [-0.2, -0.15) is 5.10 Å². The zero-order valence-electron chi connectivity index (χ0n) is 14.6. The molecule has 0 saturated heterocycles. The summed E-state index contributed by atoms with van der Waals surface area (Å²) in [6, 6.07) is 9.29. The number of fused-ring (bicyclic) bond motifs is 3. The second kappa shape index (κ2) is 7.05. The predicted molar refractivity (Wildman–Crippen MR) is 106 cm³/mol. The largest absolute Gasteiger partial charge is 0.352 e. The number of rotatable bonds is 5. The minimum atomic E-state index is -0.183. The first-order chi connectivity index (χ1) is 13.2. The fourth-order valence-corrected chi connectivity index (χ4v) is 3.29. The number of hydrogen-bond donors (Lipinski definition) is 4. The lowest BCUT2D eigenvalue weighted by Gasteiger charge is -2.12. The topological polar surface area (TPSA) is 117 Å². The summed E-state index contributed by atoms with van der Waals surface area (Å²) in [6.45, 7) is 1.03. The summed E-state index contributed by atoms with van der Waals surface area (Å²) in [5.41, 5.74) is 7.69. The lowest BCUT2D eigenvalue weighted by Crippen LogP contribution is -2.26. The second-order valence-corrected chi connectivity index (χ2v) is 6.34. The van der Waals surface area contributed by atoms with Crippen LogP contribution >= 0.6 is 0 Å². The molecule has 7 heteroatoms. The van der Waals surface area contributed by atoms with Crippen LogP contribution < -0.4 is 16.6 Å². The average molecular weight is 361 g/mol. The molecule has 7 nitrogen and oxygen atoms in total. The van der Waals surface area contributed by atoms with Crippen molar-refractivity contribution in [2.45, 2.75) is 6.42 Å². The smallest absolute Gasteiger partial charge is 0.256 e. The van der Waals surface area contributed by atoms with Crippen molar-refractivity contribution in [3.8, 4) is 11.1 Å². The van der Waals surface area contributed by atoms with Gasteiger partial charge in [-0.25, -0.2) is 0 Å². The molecule has 0 radical (unpaired) electrons. The first kappa shape index (κ1) is 17.0. The quantitative estimate of drug-likeness (QED) is 0.322. The first-order valence-corrected chi connectivity index (χ1v) is 8.74. The Morgan fingerprint density at radius 2 is 2.04 bits per heavy atom. The van der Waals surface area contributed by atoms with Crippen LogP contribution in [0.3, 0.4) is 0 Å². The molecular formula is C20H19N5O2. The Morgan fingerprint density at radius 1 is 1.15 bits per heavy atom. The van der Waals surface area contributed by atoms with Gasteiger partial charge < -0.3 is 16.0 Å². The van der Waals surface area contributed by atoms with E-state index < -0.39 is 0 Å². The molecule has 2 heterocycles. The third-order valence-corrected chi connectivity index (χ3v) is 4.61. The number of amides is 1. The molecule has 136 valence electrons. The molecule has 0 atom stereocenters. The Bertz CT molecular complexity index is 1180. The van der Waals surface area contributed by atoms with Crippen LogP contribution in [0.2, 0.25) is 0 Å². The van der Waals surface area contributed by atoms with E-state index >= 15 is 0 Å².